The molecule has 2 atom stereocenters. The van der Waals surface area contributed by atoms with E-state index < -0.39 is 0 Å². The lowest BCUT2D eigenvalue weighted by atomic mass is 9.95. The molecular formula is C15H22FNO. The van der Waals surface area contributed by atoms with Crippen LogP contribution in [0.4, 0.5) is 10.1 Å². The van der Waals surface area contributed by atoms with Crippen LogP contribution in [0, 0.1) is 18.7 Å². The fourth-order valence-electron chi connectivity index (χ4n) is 3.00. The standard InChI is InChI=1S/C15H22FNO/c1-3-12-4-5-15(9-12,10-18)17-14-7-11(2)6-13(16)8-14/h6-8,12,17-18H,3-5,9-10H2,1-2H3. The third-order valence-corrected chi connectivity index (χ3v) is 4.04. The van der Waals surface area contributed by atoms with Gasteiger partial charge in [-0.25, -0.2) is 4.39 Å². The zero-order valence-corrected chi connectivity index (χ0v) is 11.2. The summed E-state index contributed by atoms with van der Waals surface area (Å²) in [6.45, 7) is 4.17. The Kier molecular flexibility index (Phi) is 3.91. The third-order valence-electron chi connectivity index (χ3n) is 4.04. The summed E-state index contributed by atoms with van der Waals surface area (Å²) in [5, 5.41) is 13.0. The van der Waals surface area contributed by atoms with Crippen LogP contribution in [0.1, 0.15) is 38.2 Å². The number of anilines is 1. The molecule has 2 nitrogen and oxygen atoms in total. The molecule has 0 aromatic heterocycles. The number of halogens is 1. The van der Waals surface area contributed by atoms with Gasteiger partial charge in [-0.05, 0) is 55.9 Å². The number of aliphatic hydroxyl groups is 1. The summed E-state index contributed by atoms with van der Waals surface area (Å²) in [6, 6.07) is 4.95. The van der Waals surface area contributed by atoms with Crippen molar-refractivity contribution in [2.75, 3.05) is 11.9 Å². The first-order valence-electron chi connectivity index (χ1n) is 6.73. The van der Waals surface area contributed by atoms with E-state index in [0.717, 1.165) is 36.9 Å². The van der Waals surface area contributed by atoms with Gasteiger partial charge < -0.3 is 10.4 Å². The van der Waals surface area contributed by atoms with Crippen molar-refractivity contribution in [1.82, 2.24) is 0 Å². The second-order valence-electron chi connectivity index (χ2n) is 5.60. The van der Waals surface area contributed by atoms with E-state index in [1.165, 1.54) is 12.1 Å². The predicted octanol–water partition coefficient (Wildman–Crippen LogP) is 3.49. The minimum absolute atomic E-state index is 0.110. The molecule has 0 aliphatic heterocycles. The van der Waals surface area contributed by atoms with Crippen molar-refractivity contribution in [3.8, 4) is 0 Å². The monoisotopic (exact) mass is 251 g/mol. The largest absolute Gasteiger partial charge is 0.394 e. The van der Waals surface area contributed by atoms with E-state index in [9.17, 15) is 9.50 Å². The van der Waals surface area contributed by atoms with Crippen LogP contribution in [-0.4, -0.2) is 17.3 Å². The molecular weight excluding hydrogens is 229 g/mol. The molecule has 2 unspecified atom stereocenters. The van der Waals surface area contributed by atoms with Gasteiger partial charge in [-0.3, -0.25) is 0 Å². The quantitative estimate of drug-likeness (QED) is 0.858. The summed E-state index contributed by atoms with van der Waals surface area (Å²) < 4.78 is 13.4. The Morgan fingerprint density at radius 2 is 2.22 bits per heavy atom. The van der Waals surface area contributed by atoms with Crippen molar-refractivity contribution in [2.45, 2.75) is 45.1 Å². The first-order valence-corrected chi connectivity index (χ1v) is 6.73. The Morgan fingerprint density at radius 3 is 2.78 bits per heavy atom. The maximum atomic E-state index is 13.4. The SMILES string of the molecule is CCC1CCC(CO)(Nc2cc(C)cc(F)c2)C1. The number of hydrogen-bond donors (Lipinski definition) is 2. The number of hydrogen-bond acceptors (Lipinski definition) is 2. The summed E-state index contributed by atoms with van der Waals surface area (Å²) in [7, 11) is 0. The van der Waals surface area contributed by atoms with Crippen LogP contribution in [-0.2, 0) is 0 Å². The normalized spacial score (nSPS) is 27.4. The van der Waals surface area contributed by atoms with Gasteiger partial charge in [0.25, 0.3) is 0 Å². The molecule has 1 aromatic rings. The van der Waals surface area contributed by atoms with Crippen LogP contribution in [0.5, 0.6) is 0 Å². The average molecular weight is 251 g/mol. The van der Waals surface area contributed by atoms with E-state index in [4.69, 9.17) is 0 Å². The van der Waals surface area contributed by atoms with Gasteiger partial charge in [0.15, 0.2) is 0 Å². The highest BCUT2D eigenvalue weighted by atomic mass is 19.1. The van der Waals surface area contributed by atoms with Gasteiger partial charge in [-0.15, -0.1) is 0 Å². The number of aliphatic hydroxyl groups excluding tert-OH is 1. The molecule has 1 fully saturated rings. The molecule has 18 heavy (non-hydrogen) atoms. The highest BCUT2D eigenvalue weighted by Gasteiger charge is 2.37. The Balaban J connectivity index is 2.15. The van der Waals surface area contributed by atoms with Crippen molar-refractivity contribution in [2.24, 2.45) is 5.92 Å². The summed E-state index contributed by atoms with van der Waals surface area (Å²) in [6.07, 6.45) is 4.21. The Labute approximate surface area is 108 Å². The Hall–Kier alpha value is -1.09. The molecule has 1 aromatic carbocycles. The van der Waals surface area contributed by atoms with Gasteiger partial charge in [0.2, 0.25) is 0 Å². The number of nitrogens with one attached hydrogen (secondary N) is 1. The maximum absolute atomic E-state index is 13.4. The molecule has 0 saturated heterocycles. The Bertz CT molecular complexity index is 401. The van der Waals surface area contributed by atoms with Gasteiger partial charge in [0.05, 0.1) is 12.1 Å². The number of benzene rings is 1. The van der Waals surface area contributed by atoms with E-state index >= 15 is 0 Å². The van der Waals surface area contributed by atoms with E-state index in [1.807, 2.05) is 13.0 Å². The average Bonchev–Trinajstić information content (AvgIpc) is 2.72. The molecule has 0 amide bonds. The van der Waals surface area contributed by atoms with E-state index in [2.05, 4.69) is 12.2 Å². The second kappa shape index (κ2) is 5.27. The minimum atomic E-state index is -0.263. The zero-order valence-electron chi connectivity index (χ0n) is 11.2. The van der Waals surface area contributed by atoms with Crippen LogP contribution in [0.2, 0.25) is 0 Å². The van der Waals surface area contributed by atoms with Crippen LogP contribution in [0.25, 0.3) is 0 Å². The number of aryl methyl sites for hydroxylation is 1. The molecule has 1 saturated carbocycles. The van der Waals surface area contributed by atoms with Crippen LogP contribution in [0.15, 0.2) is 18.2 Å². The van der Waals surface area contributed by atoms with Crippen molar-refractivity contribution in [3.63, 3.8) is 0 Å². The van der Waals surface area contributed by atoms with Crippen LogP contribution in [0.3, 0.4) is 0 Å². The molecule has 1 aliphatic rings. The van der Waals surface area contributed by atoms with Gasteiger partial charge in [0, 0.05) is 5.69 Å². The van der Waals surface area contributed by atoms with Gasteiger partial charge in [-0.2, -0.15) is 0 Å². The highest BCUT2D eigenvalue weighted by Crippen LogP contribution is 2.38. The first-order chi connectivity index (χ1) is 8.57. The lowest BCUT2D eigenvalue weighted by Gasteiger charge is -2.30. The molecule has 2 N–H and O–H groups in total. The smallest absolute Gasteiger partial charge is 0.125 e. The molecule has 0 radical (unpaired) electrons. The van der Waals surface area contributed by atoms with E-state index in [1.54, 1.807) is 0 Å². The molecule has 0 heterocycles. The summed E-state index contributed by atoms with van der Waals surface area (Å²) >= 11 is 0. The van der Waals surface area contributed by atoms with Crippen LogP contribution >= 0.6 is 0 Å². The molecule has 3 heteroatoms. The predicted molar refractivity (Wildman–Crippen MR) is 72.2 cm³/mol. The lowest BCUT2D eigenvalue weighted by Crippen LogP contribution is -2.39. The molecule has 0 spiro atoms. The minimum Gasteiger partial charge on any atom is -0.394 e. The molecule has 2 rings (SSSR count). The van der Waals surface area contributed by atoms with Gasteiger partial charge in [-0.1, -0.05) is 13.3 Å². The van der Waals surface area contributed by atoms with Crippen molar-refractivity contribution < 1.29 is 9.50 Å². The van der Waals surface area contributed by atoms with Crippen molar-refractivity contribution in [3.05, 3.63) is 29.6 Å². The fourth-order valence-corrected chi connectivity index (χ4v) is 3.00. The van der Waals surface area contributed by atoms with Gasteiger partial charge in [0.1, 0.15) is 5.82 Å². The third kappa shape index (κ3) is 2.83. The summed E-state index contributed by atoms with van der Waals surface area (Å²) in [5.41, 5.74) is 1.41. The molecule has 1 aliphatic carbocycles. The van der Waals surface area contributed by atoms with Crippen molar-refractivity contribution >= 4 is 5.69 Å². The lowest BCUT2D eigenvalue weighted by molar-refractivity contribution is 0.210. The zero-order chi connectivity index (χ0) is 13.2. The van der Waals surface area contributed by atoms with Crippen LogP contribution < -0.4 is 5.32 Å². The van der Waals surface area contributed by atoms with Crippen molar-refractivity contribution in [1.29, 1.82) is 0 Å². The second-order valence-corrected chi connectivity index (χ2v) is 5.60. The Morgan fingerprint density at radius 1 is 1.44 bits per heavy atom. The maximum Gasteiger partial charge on any atom is 0.125 e. The first kappa shape index (κ1) is 13.3. The number of rotatable bonds is 4. The van der Waals surface area contributed by atoms with E-state index in [0.29, 0.717) is 5.92 Å². The van der Waals surface area contributed by atoms with Gasteiger partial charge >= 0.3 is 0 Å². The topological polar surface area (TPSA) is 32.3 Å². The molecule has 100 valence electrons. The fraction of sp³-hybridized carbons (Fsp3) is 0.600. The highest BCUT2D eigenvalue weighted by molar-refractivity contribution is 5.48. The summed E-state index contributed by atoms with van der Waals surface area (Å²) in [5.74, 6) is 0.440. The van der Waals surface area contributed by atoms with E-state index in [-0.39, 0.29) is 18.0 Å². The summed E-state index contributed by atoms with van der Waals surface area (Å²) in [4.78, 5) is 0. The molecule has 0 bridgehead atoms.